The van der Waals surface area contributed by atoms with Crippen molar-refractivity contribution in [3.05, 3.63) is 77.4 Å². The van der Waals surface area contributed by atoms with Crippen molar-refractivity contribution in [2.24, 2.45) is 10.7 Å². The Labute approximate surface area is 133 Å². The lowest BCUT2D eigenvalue weighted by Crippen LogP contribution is -1.99. The molecule has 3 aromatic rings. The predicted molar refractivity (Wildman–Crippen MR) is 87.7 cm³/mol. The van der Waals surface area contributed by atoms with Crippen molar-refractivity contribution >= 4 is 0 Å². The second-order valence-electron chi connectivity index (χ2n) is 4.93. The van der Waals surface area contributed by atoms with E-state index >= 15 is 0 Å². The number of nitrogens with zero attached hydrogens (tertiary/aromatic N) is 3. The molecule has 0 aliphatic rings. The highest BCUT2D eigenvalue weighted by molar-refractivity contribution is 5.93. The van der Waals surface area contributed by atoms with E-state index in [0.29, 0.717) is 5.36 Å². The SMILES string of the molecule is N#C/C(N)=C(\C#N)N=c1c(-c2ccccc2)c1-c1ccccc1. The molecule has 0 amide bonds. The number of allylic oxidation sites excluding steroid dienone is 2. The van der Waals surface area contributed by atoms with Crippen LogP contribution in [0.15, 0.2) is 77.1 Å². The van der Waals surface area contributed by atoms with Gasteiger partial charge in [0.15, 0.2) is 5.70 Å². The van der Waals surface area contributed by atoms with E-state index in [-0.39, 0.29) is 11.4 Å². The van der Waals surface area contributed by atoms with Crippen LogP contribution in [0.3, 0.4) is 0 Å². The summed E-state index contributed by atoms with van der Waals surface area (Å²) >= 11 is 0. The van der Waals surface area contributed by atoms with Crippen LogP contribution in [-0.2, 0) is 0 Å². The third-order valence-corrected chi connectivity index (χ3v) is 3.49. The smallest absolute Gasteiger partial charge is 0.175 e. The molecule has 0 unspecified atom stereocenters. The maximum atomic E-state index is 9.15. The van der Waals surface area contributed by atoms with Gasteiger partial charge in [0, 0.05) is 11.1 Å². The van der Waals surface area contributed by atoms with Gasteiger partial charge in [-0.3, -0.25) is 0 Å². The van der Waals surface area contributed by atoms with Crippen molar-refractivity contribution in [2.75, 3.05) is 0 Å². The van der Waals surface area contributed by atoms with Crippen molar-refractivity contribution < 1.29 is 0 Å². The van der Waals surface area contributed by atoms with Crippen molar-refractivity contribution in [3.63, 3.8) is 0 Å². The lowest BCUT2D eigenvalue weighted by molar-refractivity contribution is 1.23. The minimum Gasteiger partial charge on any atom is -0.388 e. The first-order chi connectivity index (χ1) is 11.3. The zero-order chi connectivity index (χ0) is 16.2. The molecule has 0 bridgehead atoms. The molecule has 0 fully saturated rings. The second-order valence-corrected chi connectivity index (χ2v) is 4.93. The zero-order valence-corrected chi connectivity index (χ0v) is 12.2. The van der Waals surface area contributed by atoms with Crippen molar-refractivity contribution in [1.29, 1.82) is 10.5 Å². The Morgan fingerprint density at radius 1 is 0.783 bits per heavy atom. The summed E-state index contributed by atoms with van der Waals surface area (Å²) < 4.78 is 0. The summed E-state index contributed by atoms with van der Waals surface area (Å²) in [6.45, 7) is 0. The number of hydrogen-bond donors (Lipinski definition) is 1. The Hall–Kier alpha value is -3.63. The van der Waals surface area contributed by atoms with Gasteiger partial charge < -0.3 is 5.73 Å². The van der Waals surface area contributed by atoms with Gasteiger partial charge in [-0.15, -0.1) is 0 Å². The normalized spacial score (nSPS) is 11.4. The average Bonchev–Trinajstić information content (AvgIpc) is 3.34. The van der Waals surface area contributed by atoms with Gasteiger partial charge in [0.25, 0.3) is 0 Å². The summed E-state index contributed by atoms with van der Waals surface area (Å²) in [6, 6.07) is 23.3. The maximum Gasteiger partial charge on any atom is 0.175 e. The number of benzene rings is 2. The Bertz CT molecular complexity index is 919. The maximum absolute atomic E-state index is 9.15. The molecule has 108 valence electrons. The van der Waals surface area contributed by atoms with Gasteiger partial charge in [0.2, 0.25) is 0 Å². The molecule has 0 aromatic heterocycles. The molecule has 0 radical (unpaired) electrons. The molecule has 0 heterocycles. The Morgan fingerprint density at radius 3 is 1.65 bits per heavy atom. The molecule has 2 N–H and O–H groups in total. The van der Waals surface area contributed by atoms with Crippen LogP contribution >= 0.6 is 0 Å². The third kappa shape index (κ3) is 2.74. The molecule has 0 spiro atoms. The molecule has 0 aliphatic heterocycles. The summed E-state index contributed by atoms with van der Waals surface area (Å²) in [5.41, 5.74) is 9.33. The molecule has 4 nitrogen and oxygen atoms in total. The van der Waals surface area contributed by atoms with Gasteiger partial charge in [-0.05, 0) is 11.1 Å². The van der Waals surface area contributed by atoms with Gasteiger partial charge >= 0.3 is 0 Å². The highest BCUT2D eigenvalue weighted by Gasteiger charge is 2.23. The number of hydrogen-bond acceptors (Lipinski definition) is 4. The lowest BCUT2D eigenvalue weighted by Gasteiger charge is -1.93. The number of nitrogens with two attached hydrogens (primary N) is 1. The molecule has 0 atom stereocenters. The molecule has 0 saturated heterocycles. The summed E-state index contributed by atoms with van der Waals surface area (Å²) in [5, 5.41) is 18.7. The van der Waals surface area contributed by atoms with E-state index in [1.54, 1.807) is 6.07 Å². The van der Waals surface area contributed by atoms with Gasteiger partial charge in [-0.1, -0.05) is 60.7 Å². The largest absolute Gasteiger partial charge is 0.388 e. The predicted octanol–water partition coefficient (Wildman–Crippen LogP) is 3.01. The third-order valence-electron chi connectivity index (χ3n) is 3.49. The van der Waals surface area contributed by atoms with E-state index < -0.39 is 0 Å². The number of rotatable bonds is 3. The van der Waals surface area contributed by atoms with Gasteiger partial charge in [0.05, 0.1) is 5.36 Å². The van der Waals surface area contributed by atoms with Crippen molar-refractivity contribution in [3.8, 4) is 34.4 Å². The quantitative estimate of drug-likeness (QED) is 0.754. The molecule has 3 rings (SSSR count). The van der Waals surface area contributed by atoms with E-state index in [1.165, 1.54) is 0 Å². The summed E-state index contributed by atoms with van der Waals surface area (Å²) in [7, 11) is 0. The summed E-state index contributed by atoms with van der Waals surface area (Å²) in [4.78, 5) is 4.31. The molecule has 4 heteroatoms. The standard InChI is InChI=1S/C19H12N4/c20-11-15(22)16(12-21)23-19-17(13-7-3-1-4-8-13)18(19)14-9-5-2-6-10-14/h1-10H,22H2/b16-15-. The van der Waals surface area contributed by atoms with Crippen molar-refractivity contribution in [1.82, 2.24) is 0 Å². The van der Waals surface area contributed by atoms with Crippen LogP contribution in [0.1, 0.15) is 0 Å². The van der Waals surface area contributed by atoms with Gasteiger partial charge in [0.1, 0.15) is 17.8 Å². The van der Waals surface area contributed by atoms with E-state index in [1.807, 2.05) is 66.7 Å². The van der Waals surface area contributed by atoms with Crippen LogP contribution in [0.25, 0.3) is 22.3 Å². The molecule has 0 saturated carbocycles. The Morgan fingerprint density at radius 2 is 1.26 bits per heavy atom. The second kappa shape index (κ2) is 6.01. The molecule has 23 heavy (non-hydrogen) atoms. The van der Waals surface area contributed by atoms with Crippen LogP contribution in [0.2, 0.25) is 0 Å². The minimum atomic E-state index is -0.174. The van der Waals surface area contributed by atoms with Crippen LogP contribution in [0.5, 0.6) is 0 Å². The van der Waals surface area contributed by atoms with E-state index in [9.17, 15) is 0 Å². The minimum absolute atomic E-state index is 0.0538. The molecule has 3 aromatic carbocycles. The summed E-state index contributed by atoms with van der Waals surface area (Å²) in [5.74, 6) is 0. The monoisotopic (exact) mass is 296 g/mol. The molecular weight excluding hydrogens is 284 g/mol. The summed E-state index contributed by atoms with van der Waals surface area (Å²) in [6.07, 6.45) is 0. The van der Waals surface area contributed by atoms with Crippen LogP contribution < -0.4 is 11.1 Å². The average molecular weight is 296 g/mol. The first kappa shape index (κ1) is 14.3. The fourth-order valence-electron chi connectivity index (χ4n) is 2.37. The first-order valence-corrected chi connectivity index (χ1v) is 7.00. The first-order valence-electron chi connectivity index (χ1n) is 7.00. The molecule has 0 aliphatic carbocycles. The highest BCUT2D eigenvalue weighted by Crippen LogP contribution is 2.34. The van der Waals surface area contributed by atoms with Gasteiger partial charge in [-0.25, -0.2) is 4.99 Å². The van der Waals surface area contributed by atoms with Crippen LogP contribution in [0.4, 0.5) is 0 Å². The van der Waals surface area contributed by atoms with Crippen LogP contribution in [0, 0.1) is 22.7 Å². The van der Waals surface area contributed by atoms with Crippen LogP contribution in [-0.4, -0.2) is 0 Å². The Balaban J connectivity index is 2.19. The van der Waals surface area contributed by atoms with Crippen molar-refractivity contribution in [2.45, 2.75) is 0 Å². The fraction of sp³-hybridized carbons (Fsp3) is 0. The Kier molecular flexibility index (Phi) is 3.74. The zero-order valence-electron chi connectivity index (χ0n) is 12.2. The van der Waals surface area contributed by atoms with E-state index in [0.717, 1.165) is 22.3 Å². The lowest BCUT2D eigenvalue weighted by atomic mass is 10.1. The van der Waals surface area contributed by atoms with Gasteiger partial charge in [-0.2, -0.15) is 10.5 Å². The van der Waals surface area contributed by atoms with E-state index in [2.05, 4.69) is 4.99 Å². The topological polar surface area (TPSA) is 86.0 Å². The van der Waals surface area contributed by atoms with E-state index in [4.69, 9.17) is 16.3 Å². The molecular formula is C19H12N4. The fourth-order valence-corrected chi connectivity index (χ4v) is 2.37. The number of nitriles is 2. The highest BCUT2D eigenvalue weighted by atomic mass is 14.8.